The SMILES string of the molecule is Nc1cc(C(F)(F)F)c(-c2nc(N3CCOCC3)c3c(n2)N2CCS(=O)(=O)CC2C3)cn1. The molecule has 0 saturated carbocycles. The molecule has 1 unspecified atom stereocenters. The van der Waals surface area contributed by atoms with Crippen molar-refractivity contribution in [2.24, 2.45) is 0 Å². The molecule has 0 aromatic carbocycles. The number of hydrogen-bond donors (Lipinski definition) is 1. The second-order valence-corrected chi connectivity index (χ2v) is 10.3. The Morgan fingerprint density at radius 2 is 1.84 bits per heavy atom. The number of nitrogens with two attached hydrogens (primary N) is 1. The molecular weight excluding hydrogens is 449 g/mol. The van der Waals surface area contributed by atoms with Crippen LogP contribution in [0.1, 0.15) is 11.1 Å². The highest BCUT2D eigenvalue weighted by Gasteiger charge is 2.42. The van der Waals surface area contributed by atoms with Gasteiger partial charge in [-0.2, -0.15) is 13.2 Å². The van der Waals surface area contributed by atoms with E-state index in [9.17, 15) is 21.6 Å². The van der Waals surface area contributed by atoms with Crippen molar-refractivity contribution in [2.75, 3.05) is 59.9 Å². The fraction of sp³-hybridized carbons (Fsp3) is 0.526. The number of alkyl halides is 3. The smallest absolute Gasteiger partial charge is 0.384 e. The molecule has 0 bridgehead atoms. The van der Waals surface area contributed by atoms with Crippen molar-refractivity contribution in [3.8, 4) is 11.4 Å². The Balaban J connectivity index is 1.67. The van der Waals surface area contributed by atoms with E-state index in [-0.39, 0.29) is 41.3 Å². The van der Waals surface area contributed by atoms with Gasteiger partial charge in [-0.1, -0.05) is 0 Å². The molecule has 2 saturated heterocycles. The van der Waals surface area contributed by atoms with Crippen LogP contribution in [0.2, 0.25) is 0 Å². The Hall–Kier alpha value is -2.67. The fourth-order valence-corrected chi connectivity index (χ4v) is 6.02. The number of nitrogen functional groups attached to an aromatic ring is 1. The van der Waals surface area contributed by atoms with Crippen molar-refractivity contribution in [1.29, 1.82) is 0 Å². The number of rotatable bonds is 2. The molecule has 0 amide bonds. The molecule has 2 N–H and O–H groups in total. The van der Waals surface area contributed by atoms with Crippen molar-refractivity contribution < 1.29 is 26.3 Å². The Kier molecular flexibility index (Phi) is 4.93. The summed E-state index contributed by atoms with van der Waals surface area (Å²) in [5, 5.41) is 0. The van der Waals surface area contributed by atoms with E-state index < -0.39 is 21.6 Å². The van der Waals surface area contributed by atoms with Crippen molar-refractivity contribution in [3.05, 3.63) is 23.4 Å². The zero-order chi connectivity index (χ0) is 22.7. The Morgan fingerprint density at radius 1 is 1.12 bits per heavy atom. The van der Waals surface area contributed by atoms with E-state index in [1.165, 1.54) is 0 Å². The number of hydrogen-bond acceptors (Lipinski definition) is 9. The van der Waals surface area contributed by atoms with Crippen LogP contribution in [-0.4, -0.2) is 73.8 Å². The lowest BCUT2D eigenvalue weighted by Gasteiger charge is -2.31. The molecule has 2 fully saturated rings. The van der Waals surface area contributed by atoms with Gasteiger partial charge in [-0.05, 0) is 6.07 Å². The van der Waals surface area contributed by atoms with E-state index in [1.54, 1.807) is 0 Å². The lowest BCUT2D eigenvalue weighted by molar-refractivity contribution is -0.137. The number of sulfone groups is 1. The molecule has 13 heteroatoms. The number of aromatic nitrogens is 3. The summed E-state index contributed by atoms with van der Waals surface area (Å²) in [5.74, 6) is 0.604. The van der Waals surface area contributed by atoms with E-state index >= 15 is 0 Å². The van der Waals surface area contributed by atoms with Crippen LogP contribution in [0.15, 0.2) is 12.3 Å². The number of anilines is 3. The highest BCUT2D eigenvalue weighted by molar-refractivity contribution is 7.91. The van der Waals surface area contributed by atoms with Crippen molar-refractivity contribution in [3.63, 3.8) is 0 Å². The number of pyridine rings is 1. The maximum Gasteiger partial charge on any atom is 0.417 e. The number of ether oxygens (including phenoxy) is 1. The third-order valence-corrected chi connectivity index (χ3v) is 7.68. The molecule has 0 aliphatic carbocycles. The van der Waals surface area contributed by atoms with Gasteiger partial charge in [0.25, 0.3) is 0 Å². The van der Waals surface area contributed by atoms with Gasteiger partial charge in [0.15, 0.2) is 15.7 Å². The predicted octanol–water partition coefficient (Wildman–Crippen LogP) is 1.14. The standard InChI is InChI=1S/C19H21F3N6O3S/c20-19(21,22)14-8-15(23)24-9-13(14)16-25-17(27-1-4-31-5-2-27)12-7-11-10-32(29,30)6-3-28(11)18(12)26-16/h8-9,11H,1-7,10H2,(H2,23,24). The number of fused-ring (bicyclic) bond motifs is 3. The summed E-state index contributed by atoms with van der Waals surface area (Å²) >= 11 is 0. The van der Waals surface area contributed by atoms with Crippen LogP contribution in [0.5, 0.6) is 0 Å². The molecule has 172 valence electrons. The van der Waals surface area contributed by atoms with Crippen LogP contribution in [0, 0.1) is 0 Å². The number of morpholine rings is 1. The van der Waals surface area contributed by atoms with Crippen LogP contribution in [0.3, 0.4) is 0 Å². The highest BCUT2D eigenvalue weighted by atomic mass is 32.2. The predicted molar refractivity (Wildman–Crippen MR) is 111 cm³/mol. The van der Waals surface area contributed by atoms with E-state index in [4.69, 9.17) is 10.5 Å². The molecule has 2 aromatic heterocycles. The Morgan fingerprint density at radius 3 is 2.56 bits per heavy atom. The molecule has 5 heterocycles. The first-order chi connectivity index (χ1) is 15.1. The summed E-state index contributed by atoms with van der Waals surface area (Å²) in [6.45, 7) is 2.22. The average Bonchev–Trinajstić information content (AvgIpc) is 3.09. The quantitative estimate of drug-likeness (QED) is 0.690. The average molecular weight is 470 g/mol. The van der Waals surface area contributed by atoms with E-state index in [2.05, 4.69) is 15.0 Å². The molecule has 0 spiro atoms. The summed E-state index contributed by atoms with van der Waals surface area (Å²) in [6, 6.07) is 0.469. The molecule has 0 radical (unpaired) electrons. The summed E-state index contributed by atoms with van der Waals surface area (Å²) in [4.78, 5) is 16.7. The van der Waals surface area contributed by atoms with Gasteiger partial charge in [0.05, 0.1) is 35.8 Å². The third-order valence-electron chi connectivity index (χ3n) is 5.99. The van der Waals surface area contributed by atoms with Gasteiger partial charge in [-0.3, -0.25) is 0 Å². The van der Waals surface area contributed by atoms with Crippen molar-refractivity contribution in [2.45, 2.75) is 18.6 Å². The van der Waals surface area contributed by atoms with Gasteiger partial charge < -0.3 is 20.3 Å². The van der Waals surface area contributed by atoms with Crippen molar-refractivity contribution in [1.82, 2.24) is 15.0 Å². The Bertz CT molecular complexity index is 1170. The highest BCUT2D eigenvalue weighted by Crippen LogP contribution is 2.42. The molecule has 5 rings (SSSR count). The van der Waals surface area contributed by atoms with E-state index in [0.29, 0.717) is 44.4 Å². The van der Waals surface area contributed by atoms with Gasteiger partial charge in [0.2, 0.25) is 0 Å². The molecule has 9 nitrogen and oxygen atoms in total. The lowest BCUT2D eigenvalue weighted by Crippen LogP contribution is -2.46. The maximum atomic E-state index is 13.8. The second kappa shape index (κ2) is 7.44. The molecule has 3 aliphatic rings. The summed E-state index contributed by atoms with van der Waals surface area (Å²) in [6.07, 6.45) is -3.21. The lowest BCUT2D eigenvalue weighted by atomic mass is 10.1. The van der Waals surface area contributed by atoms with Crippen molar-refractivity contribution >= 4 is 27.3 Å². The first-order valence-corrected chi connectivity index (χ1v) is 12.0. The van der Waals surface area contributed by atoms with Gasteiger partial charge in [-0.25, -0.2) is 23.4 Å². The monoisotopic (exact) mass is 470 g/mol. The van der Waals surface area contributed by atoms with Crippen LogP contribution < -0.4 is 15.5 Å². The van der Waals surface area contributed by atoms with Crippen LogP contribution >= 0.6 is 0 Å². The van der Waals surface area contributed by atoms with Gasteiger partial charge in [-0.15, -0.1) is 0 Å². The maximum absolute atomic E-state index is 13.8. The van der Waals surface area contributed by atoms with E-state index in [0.717, 1.165) is 17.8 Å². The fourth-order valence-electron chi connectivity index (χ4n) is 4.49. The molecule has 2 aromatic rings. The summed E-state index contributed by atoms with van der Waals surface area (Å²) in [5.41, 5.74) is 5.04. The zero-order valence-electron chi connectivity index (χ0n) is 17.0. The summed E-state index contributed by atoms with van der Waals surface area (Å²) < 4.78 is 71.0. The second-order valence-electron chi connectivity index (χ2n) is 8.09. The first-order valence-electron chi connectivity index (χ1n) is 10.2. The topological polar surface area (TPSA) is 115 Å². The Labute approximate surface area is 182 Å². The minimum atomic E-state index is -4.67. The molecule has 1 atom stereocenters. The van der Waals surface area contributed by atoms with Crippen LogP contribution in [0.25, 0.3) is 11.4 Å². The van der Waals surface area contributed by atoms with Gasteiger partial charge in [0, 0.05) is 43.9 Å². The number of halogens is 3. The zero-order valence-corrected chi connectivity index (χ0v) is 17.8. The van der Waals surface area contributed by atoms with Gasteiger partial charge >= 0.3 is 6.18 Å². The minimum Gasteiger partial charge on any atom is -0.384 e. The summed E-state index contributed by atoms with van der Waals surface area (Å²) in [7, 11) is -3.18. The van der Waals surface area contributed by atoms with E-state index in [1.807, 2.05) is 9.80 Å². The largest absolute Gasteiger partial charge is 0.417 e. The molecule has 3 aliphatic heterocycles. The third kappa shape index (κ3) is 3.72. The molecular formula is C19H21F3N6O3S. The van der Waals surface area contributed by atoms with Gasteiger partial charge in [0.1, 0.15) is 17.5 Å². The number of nitrogens with zero attached hydrogens (tertiary/aromatic N) is 5. The van der Waals surface area contributed by atoms with Crippen LogP contribution in [0.4, 0.5) is 30.6 Å². The molecule has 32 heavy (non-hydrogen) atoms. The first kappa shape index (κ1) is 21.2. The van der Waals surface area contributed by atoms with Crippen LogP contribution in [-0.2, 0) is 27.2 Å². The minimum absolute atomic E-state index is 0.0154. The normalized spacial score (nSPS) is 22.5.